The van der Waals surface area contributed by atoms with Gasteiger partial charge in [0.2, 0.25) is 0 Å². The Balaban J connectivity index is 2.06. The van der Waals surface area contributed by atoms with Gasteiger partial charge in [0, 0.05) is 17.6 Å². The van der Waals surface area contributed by atoms with E-state index in [-0.39, 0.29) is 0 Å². The molecular weight excluding hydrogens is 258 g/mol. The summed E-state index contributed by atoms with van der Waals surface area (Å²) >= 11 is 6.26. The van der Waals surface area contributed by atoms with Crippen molar-refractivity contribution in [3.63, 3.8) is 0 Å². The van der Waals surface area contributed by atoms with Crippen molar-refractivity contribution in [2.24, 2.45) is 0 Å². The summed E-state index contributed by atoms with van der Waals surface area (Å²) in [6.45, 7) is 4.99. The van der Waals surface area contributed by atoms with Crippen molar-refractivity contribution >= 4 is 11.6 Å². The van der Waals surface area contributed by atoms with Crippen LogP contribution in [0.25, 0.3) is 0 Å². The van der Waals surface area contributed by atoms with Crippen LogP contribution in [0.15, 0.2) is 48.5 Å². The van der Waals surface area contributed by atoms with Crippen LogP contribution in [0.4, 0.5) is 0 Å². The SMILES string of the molecule is CC(C)NCc1ccc(Oc2ccccc2)cc1Cl. The van der Waals surface area contributed by atoms with E-state index in [4.69, 9.17) is 16.3 Å². The van der Waals surface area contributed by atoms with Gasteiger partial charge < -0.3 is 10.1 Å². The summed E-state index contributed by atoms with van der Waals surface area (Å²) in [5, 5.41) is 4.07. The number of rotatable bonds is 5. The highest BCUT2D eigenvalue weighted by molar-refractivity contribution is 6.31. The van der Waals surface area contributed by atoms with Crippen LogP contribution >= 0.6 is 11.6 Å². The van der Waals surface area contributed by atoms with Crippen LogP contribution < -0.4 is 10.1 Å². The highest BCUT2D eigenvalue weighted by Gasteiger charge is 2.04. The maximum absolute atomic E-state index is 6.26. The number of hydrogen-bond acceptors (Lipinski definition) is 2. The van der Waals surface area contributed by atoms with Crippen LogP contribution in [0.2, 0.25) is 5.02 Å². The number of nitrogens with one attached hydrogen (secondary N) is 1. The fourth-order valence-corrected chi connectivity index (χ4v) is 1.91. The Labute approximate surface area is 119 Å². The van der Waals surface area contributed by atoms with E-state index in [0.29, 0.717) is 6.04 Å². The molecule has 0 bridgehead atoms. The lowest BCUT2D eigenvalue weighted by Gasteiger charge is -2.11. The van der Waals surface area contributed by atoms with Gasteiger partial charge in [0.05, 0.1) is 0 Å². The molecule has 0 aliphatic rings. The van der Waals surface area contributed by atoms with E-state index in [9.17, 15) is 0 Å². The third kappa shape index (κ3) is 4.27. The average Bonchev–Trinajstić information content (AvgIpc) is 2.39. The van der Waals surface area contributed by atoms with Gasteiger partial charge in [-0.2, -0.15) is 0 Å². The van der Waals surface area contributed by atoms with E-state index < -0.39 is 0 Å². The second kappa shape index (κ2) is 6.60. The van der Waals surface area contributed by atoms with E-state index in [0.717, 1.165) is 28.6 Å². The van der Waals surface area contributed by atoms with Gasteiger partial charge in [-0.25, -0.2) is 0 Å². The molecule has 0 aliphatic heterocycles. The Kier molecular flexibility index (Phi) is 4.83. The standard InChI is InChI=1S/C16H18ClNO/c1-12(2)18-11-13-8-9-15(10-16(13)17)19-14-6-4-3-5-7-14/h3-10,12,18H,11H2,1-2H3. The molecule has 19 heavy (non-hydrogen) atoms. The molecule has 3 heteroatoms. The summed E-state index contributed by atoms with van der Waals surface area (Å²) in [4.78, 5) is 0. The van der Waals surface area contributed by atoms with E-state index in [1.807, 2.05) is 48.5 Å². The van der Waals surface area contributed by atoms with Crippen molar-refractivity contribution in [3.8, 4) is 11.5 Å². The minimum Gasteiger partial charge on any atom is -0.457 e. The zero-order valence-electron chi connectivity index (χ0n) is 11.2. The number of hydrogen-bond donors (Lipinski definition) is 1. The quantitative estimate of drug-likeness (QED) is 0.859. The monoisotopic (exact) mass is 275 g/mol. The topological polar surface area (TPSA) is 21.3 Å². The van der Waals surface area contributed by atoms with Crippen molar-refractivity contribution in [3.05, 3.63) is 59.1 Å². The van der Waals surface area contributed by atoms with Gasteiger partial charge in [0.25, 0.3) is 0 Å². The third-order valence-electron chi connectivity index (χ3n) is 2.70. The molecule has 0 atom stereocenters. The second-order valence-electron chi connectivity index (χ2n) is 4.70. The van der Waals surface area contributed by atoms with Crippen LogP contribution in [-0.4, -0.2) is 6.04 Å². The molecule has 0 aromatic heterocycles. The third-order valence-corrected chi connectivity index (χ3v) is 3.06. The number of ether oxygens (including phenoxy) is 1. The van der Waals surface area contributed by atoms with Gasteiger partial charge in [-0.3, -0.25) is 0 Å². The second-order valence-corrected chi connectivity index (χ2v) is 5.11. The molecule has 0 saturated heterocycles. The molecule has 100 valence electrons. The molecular formula is C16H18ClNO. The first-order chi connectivity index (χ1) is 9.15. The van der Waals surface area contributed by atoms with E-state index in [2.05, 4.69) is 19.2 Å². The molecule has 0 spiro atoms. The molecule has 1 N–H and O–H groups in total. The van der Waals surface area contributed by atoms with Gasteiger partial charge in [-0.05, 0) is 29.8 Å². The summed E-state index contributed by atoms with van der Waals surface area (Å²) < 4.78 is 5.73. The first kappa shape index (κ1) is 13.9. The Morgan fingerprint density at radius 2 is 1.79 bits per heavy atom. The average molecular weight is 276 g/mol. The first-order valence-electron chi connectivity index (χ1n) is 6.40. The van der Waals surface area contributed by atoms with Crippen molar-refractivity contribution in [2.45, 2.75) is 26.4 Å². The number of halogens is 1. The van der Waals surface area contributed by atoms with Crippen molar-refractivity contribution in [2.75, 3.05) is 0 Å². The predicted molar refractivity (Wildman–Crippen MR) is 79.9 cm³/mol. The molecule has 2 rings (SSSR count). The first-order valence-corrected chi connectivity index (χ1v) is 6.77. The van der Waals surface area contributed by atoms with Crippen molar-refractivity contribution in [1.82, 2.24) is 5.32 Å². The summed E-state index contributed by atoms with van der Waals surface area (Å²) in [7, 11) is 0. The van der Waals surface area contributed by atoms with Gasteiger partial charge >= 0.3 is 0 Å². The molecule has 2 aromatic carbocycles. The van der Waals surface area contributed by atoms with Crippen molar-refractivity contribution in [1.29, 1.82) is 0 Å². The summed E-state index contributed by atoms with van der Waals surface area (Å²) in [6, 6.07) is 15.9. The molecule has 2 aromatic rings. The lowest BCUT2D eigenvalue weighted by atomic mass is 10.2. The maximum Gasteiger partial charge on any atom is 0.128 e. The van der Waals surface area contributed by atoms with Crippen LogP contribution in [-0.2, 0) is 6.54 Å². The Bertz CT molecular complexity index is 526. The number of para-hydroxylation sites is 1. The van der Waals surface area contributed by atoms with E-state index in [1.54, 1.807) is 0 Å². The van der Waals surface area contributed by atoms with Gasteiger partial charge in [-0.1, -0.05) is 49.7 Å². The molecule has 0 fully saturated rings. The van der Waals surface area contributed by atoms with Crippen LogP contribution in [0.3, 0.4) is 0 Å². The summed E-state index contributed by atoms with van der Waals surface area (Å²) in [5.74, 6) is 1.57. The van der Waals surface area contributed by atoms with Gasteiger partial charge in [-0.15, -0.1) is 0 Å². The van der Waals surface area contributed by atoms with Crippen LogP contribution in [0.1, 0.15) is 19.4 Å². The molecule has 2 nitrogen and oxygen atoms in total. The Morgan fingerprint density at radius 1 is 1.05 bits per heavy atom. The molecule has 0 amide bonds. The highest BCUT2D eigenvalue weighted by Crippen LogP contribution is 2.26. The molecule has 0 unspecified atom stereocenters. The minimum atomic E-state index is 0.441. The van der Waals surface area contributed by atoms with Gasteiger partial charge in [0.15, 0.2) is 0 Å². The fourth-order valence-electron chi connectivity index (χ4n) is 1.67. The Morgan fingerprint density at radius 3 is 2.42 bits per heavy atom. The summed E-state index contributed by atoms with van der Waals surface area (Å²) in [5.41, 5.74) is 1.08. The van der Waals surface area contributed by atoms with Crippen LogP contribution in [0, 0.1) is 0 Å². The molecule has 0 heterocycles. The minimum absolute atomic E-state index is 0.441. The molecule has 0 aliphatic carbocycles. The predicted octanol–water partition coefficient (Wildman–Crippen LogP) is 4.63. The zero-order chi connectivity index (χ0) is 13.7. The Hall–Kier alpha value is -1.51. The maximum atomic E-state index is 6.26. The largest absolute Gasteiger partial charge is 0.457 e. The lowest BCUT2D eigenvalue weighted by molar-refractivity contribution is 0.482. The smallest absolute Gasteiger partial charge is 0.128 e. The van der Waals surface area contributed by atoms with E-state index in [1.165, 1.54) is 0 Å². The zero-order valence-corrected chi connectivity index (χ0v) is 11.9. The fraction of sp³-hybridized carbons (Fsp3) is 0.250. The van der Waals surface area contributed by atoms with Crippen LogP contribution in [0.5, 0.6) is 11.5 Å². The van der Waals surface area contributed by atoms with E-state index >= 15 is 0 Å². The molecule has 0 radical (unpaired) electrons. The molecule has 0 saturated carbocycles. The van der Waals surface area contributed by atoms with Crippen molar-refractivity contribution < 1.29 is 4.74 Å². The lowest BCUT2D eigenvalue weighted by Crippen LogP contribution is -2.21. The summed E-state index contributed by atoms with van der Waals surface area (Å²) in [6.07, 6.45) is 0. The number of benzene rings is 2. The van der Waals surface area contributed by atoms with Gasteiger partial charge in [0.1, 0.15) is 11.5 Å². The normalized spacial score (nSPS) is 10.7. The highest BCUT2D eigenvalue weighted by atomic mass is 35.5.